The molecule has 0 fully saturated rings. The van der Waals surface area contributed by atoms with Gasteiger partial charge in [0.25, 0.3) is 0 Å². The smallest absolute Gasteiger partial charge is 0.422 e. The SMILES string of the molecule is CC(NNC(=O)OC(C)(C)C)c1nc2ccccc2s1. The number of hydrogen-bond acceptors (Lipinski definition) is 5. The zero-order chi connectivity index (χ0) is 14.8. The first kappa shape index (κ1) is 14.7. The molecule has 0 aliphatic rings. The first-order valence-corrected chi connectivity index (χ1v) is 7.27. The molecule has 1 atom stereocenters. The number of ether oxygens (including phenoxy) is 1. The number of aromatic nitrogens is 1. The van der Waals surface area contributed by atoms with Crippen molar-refractivity contribution in [2.75, 3.05) is 0 Å². The van der Waals surface area contributed by atoms with Crippen LogP contribution in [0.5, 0.6) is 0 Å². The Bertz CT molecular complexity index is 571. The number of amides is 1. The number of benzene rings is 1. The third kappa shape index (κ3) is 3.91. The van der Waals surface area contributed by atoms with Crippen molar-refractivity contribution >= 4 is 27.6 Å². The van der Waals surface area contributed by atoms with E-state index in [0.717, 1.165) is 15.2 Å². The average molecular weight is 293 g/mol. The fourth-order valence-corrected chi connectivity index (χ4v) is 2.58. The van der Waals surface area contributed by atoms with Gasteiger partial charge < -0.3 is 4.74 Å². The summed E-state index contributed by atoms with van der Waals surface area (Å²) in [6.45, 7) is 7.41. The molecule has 2 aromatic rings. The van der Waals surface area contributed by atoms with E-state index in [9.17, 15) is 4.79 Å². The van der Waals surface area contributed by atoms with Crippen molar-refractivity contribution in [2.24, 2.45) is 0 Å². The standard InChI is InChI=1S/C14H19N3O2S/c1-9(16-17-13(18)19-14(2,3)4)12-15-10-7-5-6-8-11(10)20-12/h5-9,16H,1-4H3,(H,17,18). The lowest BCUT2D eigenvalue weighted by Crippen LogP contribution is -2.42. The molecule has 1 aromatic heterocycles. The van der Waals surface area contributed by atoms with Gasteiger partial charge in [0, 0.05) is 0 Å². The summed E-state index contributed by atoms with van der Waals surface area (Å²) >= 11 is 1.60. The van der Waals surface area contributed by atoms with Crippen molar-refractivity contribution < 1.29 is 9.53 Å². The Morgan fingerprint density at radius 1 is 1.35 bits per heavy atom. The van der Waals surface area contributed by atoms with Gasteiger partial charge in [-0.2, -0.15) is 0 Å². The van der Waals surface area contributed by atoms with Crippen LogP contribution in [0.15, 0.2) is 24.3 Å². The molecule has 20 heavy (non-hydrogen) atoms. The minimum absolute atomic E-state index is 0.0834. The van der Waals surface area contributed by atoms with Crippen molar-refractivity contribution in [1.82, 2.24) is 15.8 Å². The molecule has 6 heteroatoms. The lowest BCUT2D eigenvalue weighted by atomic mass is 10.2. The number of nitrogens with one attached hydrogen (secondary N) is 2. The number of para-hydroxylation sites is 1. The van der Waals surface area contributed by atoms with Crippen LogP contribution in [-0.4, -0.2) is 16.7 Å². The Morgan fingerprint density at radius 3 is 2.70 bits per heavy atom. The van der Waals surface area contributed by atoms with Gasteiger partial charge in [-0.3, -0.25) is 5.43 Å². The van der Waals surface area contributed by atoms with Crippen LogP contribution in [0.2, 0.25) is 0 Å². The van der Waals surface area contributed by atoms with Crippen LogP contribution in [0.25, 0.3) is 10.2 Å². The number of thiazole rings is 1. The molecule has 0 aliphatic carbocycles. The van der Waals surface area contributed by atoms with Gasteiger partial charge in [0.1, 0.15) is 10.6 Å². The van der Waals surface area contributed by atoms with Gasteiger partial charge in [-0.25, -0.2) is 15.2 Å². The molecule has 0 bridgehead atoms. The van der Waals surface area contributed by atoms with E-state index in [1.165, 1.54) is 0 Å². The molecule has 0 radical (unpaired) electrons. The van der Waals surface area contributed by atoms with E-state index < -0.39 is 11.7 Å². The molecule has 1 heterocycles. The van der Waals surface area contributed by atoms with Crippen molar-refractivity contribution in [3.63, 3.8) is 0 Å². The number of nitrogens with zero attached hydrogens (tertiary/aromatic N) is 1. The first-order chi connectivity index (χ1) is 9.35. The summed E-state index contributed by atoms with van der Waals surface area (Å²) in [5.41, 5.74) is 5.90. The second-order valence-electron chi connectivity index (χ2n) is 5.51. The summed E-state index contributed by atoms with van der Waals surface area (Å²) in [7, 11) is 0. The molecule has 1 unspecified atom stereocenters. The number of rotatable bonds is 3. The largest absolute Gasteiger partial charge is 0.443 e. The van der Waals surface area contributed by atoms with E-state index in [2.05, 4.69) is 15.8 Å². The number of carbonyl (C=O) groups excluding carboxylic acids is 1. The van der Waals surface area contributed by atoms with Crippen molar-refractivity contribution in [3.8, 4) is 0 Å². The molecule has 0 saturated carbocycles. The Kier molecular flexibility index (Phi) is 4.25. The number of fused-ring (bicyclic) bond motifs is 1. The number of carbonyl (C=O) groups is 1. The van der Waals surface area contributed by atoms with E-state index in [-0.39, 0.29) is 6.04 Å². The topological polar surface area (TPSA) is 63.2 Å². The molecular weight excluding hydrogens is 274 g/mol. The zero-order valence-electron chi connectivity index (χ0n) is 12.1. The summed E-state index contributed by atoms with van der Waals surface area (Å²) in [5.74, 6) is 0. The zero-order valence-corrected chi connectivity index (χ0v) is 12.9. The molecule has 2 N–H and O–H groups in total. The van der Waals surface area contributed by atoms with Crippen molar-refractivity contribution in [1.29, 1.82) is 0 Å². The quantitative estimate of drug-likeness (QED) is 0.852. The van der Waals surface area contributed by atoms with E-state index in [0.29, 0.717) is 0 Å². The van der Waals surface area contributed by atoms with E-state index in [1.54, 1.807) is 11.3 Å². The normalized spacial score (nSPS) is 13.2. The lowest BCUT2D eigenvalue weighted by Gasteiger charge is -2.20. The van der Waals surface area contributed by atoms with Gasteiger partial charge in [0.15, 0.2) is 0 Å². The molecule has 0 aliphatic heterocycles. The Hall–Kier alpha value is -1.66. The highest BCUT2D eigenvalue weighted by atomic mass is 32.1. The van der Waals surface area contributed by atoms with Gasteiger partial charge in [0.05, 0.1) is 16.3 Å². The minimum atomic E-state index is -0.509. The van der Waals surface area contributed by atoms with Crippen LogP contribution in [0.4, 0.5) is 4.79 Å². The van der Waals surface area contributed by atoms with Crippen molar-refractivity contribution in [2.45, 2.75) is 39.3 Å². The predicted octanol–water partition coefficient (Wildman–Crippen LogP) is 3.39. The third-order valence-electron chi connectivity index (χ3n) is 2.47. The average Bonchev–Trinajstić information content (AvgIpc) is 2.77. The second-order valence-corrected chi connectivity index (χ2v) is 6.57. The van der Waals surface area contributed by atoms with Crippen LogP contribution in [-0.2, 0) is 4.74 Å². The highest BCUT2D eigenvalue weighted by Crippen LogP contribution is 2.25. The summed E-state index contributed by atoms with van der Waals surface area (Å²) < 4.78 is 6.29. The highest BCUT2D eigenvalue weighted by Gasteiger charge is 2.17. The highest BCUT2D eigenvalue weighted by molar-refractivity contribution is 7.18. The van der Waals surface area contributed by atoms with Crippen LogP contribution >= 0.6 is 11.3 Å². The van der Waals surface area contributed by atoms with E-state index >= 15 is 0 Å². The summed E-state index contributed by atoms with van der Waals surface area (Å²) in [5, 5.41) is 0.919. The van der Waals surface area contributed by atoms with Gasteiger partial charge in [0.2, 0.25) is 0 Å². The fourth-order valence-electron chi connectivity index (χ4n) is 1.61. The summed E-state index contributed by atoms with van der Waals surface area (Å²) in [6, 6.07) is 7.87. The second kappa shape index (κ2) is 5.76. The Balaban J connectivity index is 1.95. The van der Waals surface area contributed by atoms with Gasteiger partial charge >= 0.3 is 6.09 Å². The molecule has 1 aromatic carbocycles. The maximum Gasteiger partial charge on any atom is 0.422 e. The monoisotopic (exact) mass is 293 g/mol. The van der Waals surface area contributed by atoms with E-state index in [4.69, 9.17) is 4.74 Å². The van der Waals surface area contributed by atoms with Crippen LogP contribution in [0.1, 0.15) is 38.7 Å². The molecule has 2 rings (SSSR count). The maximum absolute atomic E-state index is 11.6. The van der Waals surface area contributed by atoms with Crippen molar-refractivity contribution in [3.05, 3.63) is 29.3 Å². The molecule has 108 valence electrons. The van der Waals surface area contributed by atoms with Gasteiger partial charge in [-0.05, 0) is 39.8 Å². The van der Waals surface area contributed by atoms with Crippen LogP contribution in [0, 0.1) is 0 Å². The summed E-state index contributed by atoms with van der Waals surface area (Å²) in [6.07, 6.45) is -0.495. The minimum Gasteiger partial charge on any atom is -0.443 e. The maximum atomic E-state index is 11.6. The third-order valence-corrected chi connectivity index (χ3v) is 3.69. The molecule has 5 nitrogen and oxygen atoms in total. The van der Waals surface area contributed by atoms with Gasteiger partial charge in [-0.15, -0.1) is 11.3 Å². The van der Waals surface area contributed by atoms with E-state index in [1.807, 2.05) is 52.0 Å². The Labute approximate surface area is 122 Å². The lowest BCUT2D eigenvalue weighted by molar-refractivity contribution is 0.0489. The van der Waals surface area contributed by atoms with Gasteiger partial charge in [-0.1, -0.05) is 12.1 Å². The van der Waals surface area contributed by atoms with Crippen LogP contribution < -0.4 is 10.9 Å². The van der Waals surface area contributed by atoms with Crippen LogP contribution in [0.3, 0.4) is 0 Å². The predicted molar refractivity (Wildman–Crippen MR) is 80.5 cm³/mol. The molecule has 0 saturated heterocycles. The molecular formula is C14H19N3O2S. The first-order valence-electron chi connectivity index (χ1n) is 6.45. The Morgan fingerprint density at radius 2 is 2.05 bits per heavy atom. The molecule has 0 spiro atoms. The number of hydrogen-bond donors (Lipinski definition) is 2. The summed E-state index contributed by atoms with van der Waals surface area (Å²) in [4.78, 5) is 16.1. The fraction of sp³-hybridized carbons (Fsp3) is 0.429. The number of hydrazine groups is 1. The molecule has 1 amide bonds.